The summed E-state index contributed by atoms with van der Waals surface area (Å²) in [6, 6.07) is 3.98. The molecule has 5 nitrogen and oxygen atoms in total. The normalized spacial score (nSPS) is 20.9. The summed E-state index contributed by atoms with van der Waals surface area (Å²) in [6.45, 7) is 7.90. The minimum atomic E-state index is -0.448. The number of hydrogen-bond donors (Lipinski definition) is 0. The Balaban J connectivity index is 1.66. The number of aromatic nitrogens is 1. The van der Waals surface area contributed by atoms with Crippen LogP contribution in [0.3, 0.4) is 0 Å². The Morgan fingerprint density at radius 2 is 2.14 bits per heavy atom. The number of carbonyl (C=O) groups is 1. The van der Waals surface area contributed by atoms with E-state index >= 15 is 0 Å². The van der Waals surface area contributed by atoms with Crippen molar-refractivity contribution in [3.8, 4) is 0 Å². The molecular weight excluding hydrogens is 346 g/mol. The van der Waals surface area contributed by atoms with E-state index in [1.807, 2.05) is 32.9 Å². The minimum Gasteiger partial charge on any atom is -0.444 e. The zero-order valence-corrected chi connectivity index (χ0v) is 14.6. The van der Waals surface area contributed by atoms with Crippen molar-refractivity contribution in [2.75, 3.05) is 24.5 Å². The molecule has 2 aliphatic heterocycles. The van der Waals surface area contributed by atoms with E-state index in [0.717, 1.165) is 16.8 Å². The van der Waals surface area contributed by atoms with Crippen LogP contribution in [0.1, 0.15) is 20.8 Å². The SMILES string of the molecule is CC(C)(C)OC(=O)N1CC2=CN(c3ccc(Br)cn3)CC2C1. The minimum absolute atomic E-state index is 0.226. The number of ether oxygens (including phenoxy) is 1. The predicted octanol–water partition coefficient (Wildman–Crippen LogP) is 3.41. The van der Waals surface area contributed by atoms with E-state index in [1.165, 1.54) is 5.57 Å². The third kappa shape index (κ3) is 3.27. The first kappa shape index (κ1) is 15.3. The highest BCUT2D eigenvalue weighted by molar-refractivity contribution is 9.10. The summed E-state index contributed by atoms with van der Waals surface area (Å²) in [7, 11) is 0. The van der Waals surface area contributed by atoms with Crippen molar-refractivity contribution in [2.24, 2.45) is 5.92 Å². The molecule has 1 atom stereocenters. The van der Waals surface area contributed by atoms with Gasteiger partial charge in [-0.15, -0.1) is 0 Å². The third-order valence-electron chi connectivity index (χ3n) is 3.74. The second-order valence-electron chi connectivity index (χ2n) is 6.75. The van der Waals surface area contributed by atoms with Gasteiger partial charge in [0, 0.05) is 42.4 Å². The molecule has 1 fully saturated rings. The summed E-state index contributed by atoms with van der Waals surface area (Å²) < 4.78 is 6.41. The maximum Gasteiger partial charge on any atom is 0.410 e. The number of nitrogens with zero attached hydrogens (tertiary/aromatic N) is 3. The second-order valence-corrected chi connectivity index (χ2v) is 7.66. The average Bonchev–Trinajstić information content (AvgIpc) is 2.95. The fourth-order valence-corrected chi connectivity index (χ4v) is 3.01. The number of amides is 1. The lowest BCUT2D eigenvalue weighted by molar-refractivity contribution is 0.0291. The molecule has 0 aliphatic carbocycles. The Labute approximate surface area is 139 Å². The van der Waals surface area contributed by atoms with Crippen molar-refractivity contribution >= 4 is 27.8 Å². The van der Waals surface area contributed by atoms with Crippen molar-refractivity contribution in [1.29, 1.82) is 0 Å². The molecule has 1 amide bonds. The van der Waals surface area contributed by atoms with Crippen LogP contribution in [0.5, 0.6) is 0 Å². The van der Waals surface area contributed by atoms with Crippen molar-refractivity contribution in [3.63, 3.8) is 0 Å². The first-order valence-corrected chi connectivity index (χ1v) is 8.18. The summed E-state index contributed by atoms with van der Waals surface area (Å²) >= 11 is 3.40. The Morgan fingerprint density at radius 1 is 1.36 bits per heavy atom. The number of rotatable bonds is 1. The molecule has 2 aliphatic rings. The molecule has 1 aromatic rings. The highest BCUT2D eigenvalue weighted by Crippen LogP contribution is 2.32. The molecule has 118 valence electrons. The Morgan fingerprint density at radius 3 is 2.73 bits per heavy atom. The van der Waals surface area contributed by atoms with Crippen molar-refractivity contribution in [1.82, 2.24) is 9.88 Å². The van der Waals surface area contributed by atoms with Crippen LogP contribution in [0.25, 0.3) is 0 Å². The molecule has 0 N–H and O–H groups in total. The molecule has 3 rings (SSSR count). The Hall–Kier alpha value is -1.56. The Bertz CT molecular complexity index is 607. The molecule has 6 heteroatoms. The predicted molar refractivity (Wildman–Crippen MR) is 88.7 cm³/mol. The molecule has 3 heterocycles. The summed E-state index contributed by atoms with van der Waals surface area (Å²) in [5.41, 5.74) is 0.826. The molecule has 0 radical (unpaired) electrons. The van der Waals surface area contributed by atoms with E-state index in [1.54, 1.807) is 11.1 Å². The van der Waals surface area contributed by atoms with Gasteiger partial charge in [-0.3, -0.25) is 0 Å². The fraction of sp³-hybridized carbons (Fsp3) is 0.500. The maximum absolute atomic E-state index is 12.1. The van der Waals surface area contributed by atoms with E-state index in [0.29, 0.717) is 19.0 Å². The lowest BCUT2D eigenvalue weighted by atomic mass is 10.1. The van der Waals surface area contributed by atoms with Gasteiger partial charge in [0.25, 0.3) is 0 Å². The molecular formula is C16H20BrN3O2. The van der Waals surface area contributed by atoms with Gasteiger partial charge in [-0.25, -0.2) is 9.78 Å². The molecule has 22 heavy (non-hydrogen) atoms. The summed E-state index contributed by atoms with van der Waals surface area (Å²) in [4.78, 5) is 20.5. The van der Waals surface area contributed by atoms with Gasteiger partial charge in [0.1, 0.15) is 11.4 Å². The smallest absolute Gasteiger partial charge is 0.410 e. The van der Waals surface area contributed by atoms with Crippen molar-refractivity contribution in [3.05, 3.63) is 34.6 Å². The van der Waals surface area contributed by atoms with Crippen LogP contribution < -0.4 is 4.90 Å². The van der Waals surface area contributed by atoms with Crippen LogP contribution in [0.4, 0.5) is 10.6 Å². The average molecular weight is 366 g/mol. The number of anilines is 1. The van der Waals surface area contributed by atoms with Crippen LogP contribution >= 0.6 is 15.9 Å². The number of hydrogen-bond acceptors (Lipinski definition) is 4. The van der Waals surface area contributed by atoms with Gasteiger partial charge >= 0.3 is 6.09 Å². The lowest BCUT2D eigenvalue weighted by Crippen LogP contribution is -2.36. The summed E-state index contributed by atoms with van der Waals surface area (Å²) in [5.74, 6) is 1.31. The van der Waals surface area contributed by atoms with Gasteiger partial charge < -0.3 is 14.5 Å². The van der Waals surface area contributed by atoms with Gasteiger partial charge in [0.15, 0.2) is 0 Å². The van der Waals surface area contributed by atoms with Gasteiger partial charge in [-0.2, -0.15) is 0 Å². The van der Waals surface area contributed by atoms with Crippen molar-refractivity contribution < 1.29 is 9.53 Å². The number of carbonyl (C=O) groups excluding carboxylic acids is 1. The third-order valence-corrected chi connectivity index (χ3v) is 4.20. The van der Waals surface area contributed by atoms with Gasteiger partial charge in [0.2, 0.25) is 0 Å². The zero-order valence-electron chi connectivity index (χ0n) is 13.0. The lowest BCUT2D eigenvalue weighted by Gasteiger charge is -2.25. The van der Waals surface area contributed by atoms with Crippen LogP contribution in [-0.2, 0) is 4.74 Å². The molecule has 0 spiro atoms. The van der Waals surface area contributed by atoms with E-state index in [4.69, 9.17) is 4.74 Å². The highest BCUT2D eigenvalue weighted by Gasteiger charge is 2.37. The molecule has 0 bridgehead atoms. The summed E-state index contributed by atoms with van der Waals surface area (Å²) in [6.07, 6.45) is 3.69. The number of fused-ring (bicyclic) bond motifs is 1. The number of likely N-dealkylation sites (tertiary alicyclic amines) is 1. The standard InChI is InChI=1S/C16H20BrN3O2/c1-16(2,3)22-15(21)20-9-11-7-19(8-12(11)10-20)14-5-4-13(17)6-18-14/h4-7,12H,8-10H2,1-3H3. The number of pyridine rings is 1. The molecule has 1 aromatic heterocycles. The molecule has 1 unspecified atom stereocenters. The van der Waals surface area contributed by atoms with E-state index < -0.39 is 5.60 Å². The van der Waals surface area contributed by atoms with E-state index in [9.17, 15) is 4.79 Å². The topological polar surface area (TPSA) is 45.7 Å². The van der Waals surface area contributed by atoms with Crippen LogP contribution in [0.15, 0.2) is 34.6 Å². The van der Waals surface area contributed by atoms with Gasteiger partial charge in [-0.05, 0) is 54.4 Å². The van der Waals surface area contributed by atoms with E-state index in [2.05, 4.69) is 32.0 Å². The zero-order chi connectivity index (χ0) is 15.9. The first-order valence-electron chi connectivity index (χ1n) is 7.38. The number of halogens is 1. The van der Waals surface area contributed by atoms with Crippen LogP contribution in [0, 0.1) is 5.92 Å². The van der Waals surface area contributed by atoms with Crippen LogP contribution in [0.2, 0.25) is 0 Å². The van der Waals surface area contributed by atoms with Crippen molar-refractivity contribution in [2.45, 2.75) is 26.4 Å². The second kappa shape index (κ2) is 5.57. The molecule has 0 aromatic carbocycles. The first-order chi connectivity index (χ1) is 10.3. The van der Waals surface area contributed by atoms with Crippen LogP contribution in [-0.4, -0.2) is 41.2 Å². The van der Waals surface area contributed by atoms with Gasteiger partial charge in [-0.1, -0.05) is 0 Å². The molecule has 0 saturated carbocycles. The van der Waals surface area contributed by atoms with Gasteiger partial charge in [0.05, 0.1) is 0 Å². The maximum atomic E-state index is 12.1. The Kier molecular flexibility index (Phi) is 3.89. The fourth-order valence-electron chi connectivity index (χ4n) is 2.77. The van der Waals surface area contributed by atoms with E-state index in [-0.39, 0.29) is 6.09 Å². The quantitative estimate of drug-likeness (QED) is 0.764. The molecule has 1 saturated heterocycles. The highest BCUT2D eigenvalue weighted by atomic mass is 79.9. The largest absolute Gasteiger partial charge is 0.444 e. The monoisotopic (exact) mass is 365 g/mol. The summed E-state index contributed by atoms with van der Waals surface area (Å²) in [5, 5.41) is 0.